The van der Waals surface area contributed by atoms with Crippen molar-refractivity contribution < 1.29 is 9.59 Å². The Morgan fingerprint density at radius 2 is 1.94 bits per heavy atom. The van der Waals surface area contributed by atoms with Gasteiger partial charge in [0.1, 0.15) is 6.04 Å². The lowest BCUT2D eigenvalue weighted by molar-refractivity contribution is -0.138. The minimum absolute atomic E-state index is 0.120. The second kappa shape index (κ2) is 9.75. The summed E-state index contributed by atoms with van der Waals surface area (Å²) in [6, 6.07) is 14.9. The van der Waals surface area contributed by atoms with E-state index < -0.39 is 11.9 Å². The highest BCUT2D eigenvalue weighted by Gasteiger charge is 2.30. The SMILES string of the molecule is Cc1cccc(-n2c(SCC(=O)N3CCCCC3C(N)=O)nnc2-c2ccc(Cl)cc2)c1. The fourth-order valence-electron chi connectivity index (χ4n) is 3.88. The zero-order chi connectivity index (χ0) is 22.7. The molecule has 0 radical (unpaired) electrons. The number of nitrogens with zero attached hydrogens (tertiary/aromatic N) is 4. The van der Waals surface area contributed by atoms with E-state index in [4.69, 9.17) is 17.3 Å². The first kappa shape index (κ1) is 22.4. The Hall–Kier alpha value is -2.84. The van der Waals surface area contributed by atoms with Gasteiger partial charge in [-0.2, -0.15) is 0 Å². The van der Waals surface area contributed by atoms with Crippen molar-refractivity contribution in [1.82, 2.24) is 19.7 Å². The van der Waals surface area contributed by atoms with Gasteiger partial charge < -0.3 is 10.6 Å². The lowest BCUT2D eigenvalue weighted by atomic mass is 10.0. The predicted octanol–water partition coefficient (Wildman–Crippen LogP) is 3.85. The molecule has 2 heterocycles. The van der Waals surface area contributed by atoms with E-state index in [-0.39, 0.29) is 11.7 Å². The molecule has 32 heavy (non-hydrogen) atoms. The Balaban J connectivity index is 1.63. The van der Waals surface area contributed by atoms with Gasteiger partial charge in [-0.1, -0.05) is 35.5 Å². The number of piperidine rings is 1. The molecule has 3 aromatic rings. The fourth-order valence-corrected chi connectivity index (χ4v) is 4.85. The van der Waals surface area contributed by atoms with Crippen molar-refractivity contribution in [2.75, 3.05) is 12.3 Å². The van der Waals surface area contributed by atoms with Crippen LogP contribution in [0, 0.1) is 6.92 Å². The predicted molar refractivity (Wildman–Crippen MR) is 126 cm³/mol. The van der Waals surface area contributed by atoms with Gasteiger partial charge in [0.15, 0.2) is 11.0 Å². The molecule has 2 amide bonds. The summed E-state index contributed by atoms with van der Waals surface area (Å²) in [7, 11) is 0. The molecule has 1 fully saturated rings. The van der Waals surface area contributed by atoms with Crippen molar-refractivity contribution >= 4 is 35.2 Å². The topological polar surface area (TPSA) is 94.1 Å². The van der Waals surface area contributed by atoms with E-state index in [1.54, 1.807) is 4.90 Å². The van der Waals surface area contributed by atoms with E-state index in [9.17, 15) is 9.59 Å². The lowest BCUT2D eigenvalue weighted by Gasteiger charge is -2.33. The van der Waals surface area contributed by atoms with Gasteiger partial charge in [-0.3, -0.25) is 14.2 Å². The first-order valence-electron chi connectivity index (χ1n) is 10.4. The van der Waals surface area contributed by atoms with Gasteiger partial charge in [0.05, 0.1) is 5.75 Å². The van der Waals surface area contributed by atoms with Crippen LogP contribution in [0.15, 0.2) is 53.7 Å². The van der Waals surface area contributed by atoms with Crippen molar-refractivity contribution in [2.45, 2.75) is 37.4 Å². The molecule has 0 bridgehead atoms. The van der Waals surface area contributed by atoms with Crippen LogP contribution in [0.2, 0.25) is 5.02 Å². The minimum Gasteiger partial charge on any atom is -0.368 e. The van der Waals surface area contributed by atoms with Gasteiger partial charge in [0.25, 0.3) is 0 Å². The maximum Gasteiger partial charge on any atom is 0.240 e. The first-order chi connectivity index (χ1) is 15.4. The van der Waals surface area contributed by atoms with Crippen LogP contribution in [-0.4, -0.2) is 49.8 Å². The molecule has 2 N–H and O–H groups in total. The van der Waals surface area contributed by atoms with Gasteiger partial charge in [-0.05, 0) is 68.1 Å². The molecular formula is C23H24ClN5O2S. The average molecular weight is 470 g/mol. The van der Waals surface area contributed by atoms with Gasteiger partial charge in [0, 0.05) is 22.8 Å². The maximum atomic E-state index is 12.9. The molecule has 1 aromatic heterocycles. The van der Waals surface area contributed by atoms with Crippen LogP contribution in [0.25, 0.3) is 17.1 Å². The van der Waals surface area contributed by atoms with Crippen LogP contribution in [0.3, 0.4) is 0 Å². The third-order valence-electron chi connectivity index (χ3n) is 5.47. The highest BCUT2D eigenvalue weighted by Crippen LogP contribution is 2.29. The average Bonchev–Trinajstić information content (AvgIpc) is 3.22. The van der Waals surface area contributed by atoms with E-state index in [1.165, 1.54) is 11.8 Å². The van der Waals surface area contributed by atoms with Crippen LogP contribution in [-0.2, 0) is 9.59 Å². The number of hydrogen-bond acceptors (Lipinski definition) is 5. The van der Waals surface area contributed by atoms with Gasteiger partial charge in [0.2, 0.25) is 11.8 Å². The second-order valence-corrected chi connectivity index (χ2v) is 9.16. The number of rotatable bonds is 6. The summed E-state index contributed by atoms with van der Waals surface area (Å²) >= 11 is 7.35. The number of aryl methyl sites for hydroxylation is 1. The molecule has 1 aliphatic rings. The monoisotopic (exact) mass is 469 g/mol. The summed E-state index contributed by atoms with van der Waals surface area (Å²) in [5.74, 6) is 0.241. The number of amides is 2. The van der Waals surface area contributed by atoms with Gasteiger partial charge in [-0.25, -0.2) is 0 Å². The number of thioether (sulfide) groups is 1. The zero-order valence-electron chi connectivity index (χ0n) is 17.7. The van der Waals surface area contributed by atoms with Crippen molar-refractivity contribution in [3.05, 3.63) is 59.1 Å². The third-order valence-corrected chi connectivity index (χ3v) is 6.64. The number of carbonyl (C=O) groups excluding carboxylic acids is 2. The molecule has 166 valence electrons. The number of nitrogens with two attached hydrogens (primary N) is 1. The highest BCUT2D eigenvalue weighted by molar-refractivity contribution is 7.99. The molecule has 0 saturated carbocycles. The smallest absolute Gasteiger partial charge is 0.240 e. The maximum absolute atomic E-state index is 12.9. The third kappa shape index (κ3) is 4.81. The molecule has 1 saturated heterocycles. The Morgan fingerprint density at radius 3 is 2.66 bits per heavy atom. The normalized spacial score (nSPS) is 16.2. The molecule has 4 rings (SSSR count). The van der Waals surface area contributed by atoms with E-state index in [0.717, 1.165) is 29.7 Å². The van der Waals surface area contributed by atoms with E-state index >= 15 is 0 Å². The summed E-state index contributed by atoms with van der Waals surface area (Å²) in [5, 5.41) is 10.0. The van der Waals surface area contributed by atoms with Crippen molar-refractivity contribution in [3.8, 4) is 17.1 Å². The van der Waals surface area contributed by atoms with Crippen molar-refractivity contribution in [1.29, 1.82) is 0 Å². The van der Waals surface area contributed by atoms with Crippen LogP contribution >= 0.6 is 23.4 Å². The number of carbonyl (C=O) groups is 2. The molecule has 0 spiro atoms. The highest BCUT2D eigenvalue weighted by atomic mass is 35.5. The number of primary amides is 1. The Kier molecular flexibility index (Phi) is 6.81. The van der Waals surface area contributed by atoms with Crippen molar-refractivity contribution in [3.63, 3.8) is 0 Å². The summed E-state index contributed by atoms with van der Waals surface area (Å²) in [6.07, 6.45) is 2.39. The lowest BCUT2D eigenvalue weighted by Crippen LogP contribution is -2.51. The molecule has 7 nitrogen and oxygen atoms in total. The molecule has 9 heteroatoms. The minimum atomic E-state index is -0.531. The molecule has 0 aliphatic carbocycles. The van der Waals surface area contributed by atoms with Crippen LogP contribution < -0.4 is 5.73 Å². The summed E-state index contributed by atoms with van der Waals surface area (Å²) in [4.78, 5) is 26.3. The Labute approximate surface area is 196 Å². The van der Waals surface area contributed by atoms with Crippen LogP contribution in [0.4, 0.5) is 0 Å². The van der Waals surface area contributed by atoms with E-state index in [1.807, 2.05) is 60.0 Å². The molecule has 1 atom stereocenters. The summed E-state index contributed by atoms with van der Waals surface area (Å²) < 4.78 is 1.94. The quantitative estimate of drug-likeness (QED) is 0.553. The molecular weight excluding hydrogens is 446 g/mol. The number of aromatic nitrogens is 3. The van der Waals surface area contributed by atoms with E-state index in [2.05, 4.69) is 10.2 Å². The molecule has 2 aromatic carbocycles. The van der Waals surface area contributed by atoms with Gasteiger partial charge >= 0.3 is 0 Å². The van der Waals surface area contributed by atoms with Crippen LogP contribution in [0.1, 0.15) is 24.8 Å². The largest absolute Gasteiger partial charge is 0.368 e. The molecule has 1 unspecified atom stereocenters. The van der Waals surface area contributed by atoms with Crippen molar-refractivity contribution in [2.24, 2.45) is 5.73 Å². The Bertz CT molecular complexity index is 1130. The summed E-state index contributed by atoms with van der Waals surface area (Å²) in [5.41, 5.74) is 8.39. The fraction of sp³-hybridized carbons (Fsp3) is 0.304. The first-order valence-corrected chi connectivity index (χ1v) is 11.8. The second-order valence-electron chi connectivity index (χ2n) is 7.78. The standard InChI is InChI=1S/C23H24ClN5O2S/c1-15-5-4-6-18(13-15)29-22(16-8-10-17(24)11-9-16)26-27-23(29)32-14-20(30)28-12-3-2-7-19(28)21(25)31/h4-6,8-11,13,19H,2-3,7,12,14H2,1H3,(H2,25,31). The van der Waals surface area contributed by atoms with E-state index in [0.29, 0.717) is 29.0 Å². The van der Waals surface area contributed by atoms with Gasteiger partial charge in [-0.15, -0.1) is 10.2 Å². The number of benzene rings is 2. The zero-order valence-corrected chi connectivity index (χ0v) is 19.3. The Morgan fingerprint density at radius 1 is 1.16 bits per heavy atom. The van der Waals surface area contributed by atoms with Crippen LogP contribution in [0.5, 0.6) is 0 Å². The number of hydrogen-bond donors (Lipinski definition) is 1. The molecule has 1 aliphatic heterocycles. The summed E-state index contributed by atoms with van der Waals surface area (Å²) in [6.45, 7) is 2.57. The number of likely N-dealkylation sites (tertiary alicyclic amines) is 1. The number of halogens is 1.